The van der Waals surface area contributed by atoms with Gasteiger partial charge in [-0.3, -0.25) is 4.79 Å². The van der Waals surface area contributed by atoms with Crippen molar-refractivity contribution in [2.75, 3.05) is 12.4 Å². The van der Waals surface area contributed by atoms with E-state index in [4.69, 9.17) is 9.47 Å². The SMILES string of the molecule is CC1(OC(=O)n2c(CCCOC(=O)CS)nc3ccccc32)CCCC1. The Balaban J connectivity index is 1.78. The first-order valence-corrected chi connectivity index (χ1v) is 9.62. The molecule has 0 N–H and O–H groups in total. The molecule has 0 radical (unpaired) electrons. The third-order valence-corrected chi connectivity index (χ3v) is 5.00. The van der Waals surface area contributed by atoms with Crippen LogP contribution in [0.25, 0.3) is 11.0 Å². The number of thiol groups is 1. The van der Waals surface area contributed by atoms with Crippen molar-refractivity contribution in [2.24, 2.45) is 0 Å². The lowest BCUT2D eigenvalue weighted by atomic mass is 10.1. The van der Waals surface area contributed by atoms with Crippen molar-refractivity contribution >= 4 is 35.7 Å². The highest BCUT2D eigenvalue weighted by atomic mass is 32.1. The third kappa shape index (κ3) is 4.20. The van der Waals surface area contributed by atoms with Gasteiger partial charge < -0.3 is 9.47 Å². The van der Waals surface area contributed by atoms with Gasteiger partial charge in [0.2, 0.25) is 0 Å². The number of benzene rings is 1. The van der Waals surface area contributed by atoms with E-state index >= 15 is 0 Å². The molecule has 0 unspecified atom stereocenters. The first kappa shape index (κ1) is 18.8. The first-order valence-electron chi connectivity index (χ1n) is 8.99. The van der Waals surface area contributed by atoms with Crippen molar-refractivity contribution in [3.05, 3.63) is 30.1 Å². The molecule has 1 aromatic heterocycles. The zero-order chi connectivity index (χ0) is 18.6. The van der Waals surface area contributed by atoms with Crippen LogP contribution in [0.4, 0.5) is 4.79 Å². The van der Waals surface area contributed by atoms with Gasteiger partial charge in [-0.25, -0.2) is 14.3 Å². The summed E-state index contributed by atoms with van der Waals surface area (Å²) in [4.78, 5) is 28.6. The van der Waals surface area contributed by atoms with Crippen LogP contribution in [-0.4, -0.2) is 39.6 Å². The Morgan fingerprint density at radius 1 is 1.27 bits per heavy atom. The molecule has 1 fully saturated rings. The summed E-state index contributed by atoms with van der Waals surface area (Å²) in [5, 5.41) is 0. The smallest absolute Gasteiger partial charge is 0.420 e. The number of hydrogen-bond acceptors (Lipinski definition) is 6. The number of esters is 1. The molecule has 3 rings (SSSR count). The van der Waals surface area contributed by atoms with E-state index in [2.05, 4.69) is 17.6 Å². The minimum atomic E-state index is -0.401. The molecule has 1 aliphatic rings. The highest BCUT2D eigenvalue weighted by molar-refractivity contribution is 7.81. The van der Waals surface area contributed by atoms with Gasteiger partial charge in [-0.05, 0) is 51.2 Å². The van der Waals surface area contributed by atoms with Crippen molar-refractivity contribution in [2.45, 2.75) is 51.0 Å². The van der Waals surface area contributed by atoms with Crippen molar-refractivity contribution in [3.63, 3.8) is 0 Å². The standard InChI is InChI=1S/C19H24N2O4S/c1-19(10-4-5-11-19)25-18(23)21-15-8-3-2-7-14(15)20-16(21)9-6-12-24-17(22)13-26/h2-3,7-8,26H,4-6,9-13H2,1H3. The Kier molecular flexibility index (Phi) is 5.86. The Labute approximate surface area is 158 Å². The molecule has 7 heteroatoms. The minimum absolute atomic E-state index is 0.0589. The second-order valence-corrected chi connectivity index (χ2v) is 7.18. The van der Waals surface area contributed by atoms with Gasteiger partial charge >= 0.3 is 12.1 Å². The number of ether oxygens (including phenoxy) is 2. The highest BCUT2D eigenvalue weighted by Crippen LogP contribution is 2.33. The number of aryl methyl sites for hydroxylation is 1. The molecule has 26 heavy (non-hydrogen) atoms. The molecule has 1 heterocycles. The average Bonchev–Trinajstić information content (AvgIpc) is 3.21. The lowest BCUT2D eigenvalue weighted by Gasteiger charge is -2.24. The van der Waals surface area contributed by atoms with Crippen LogP contribution in [0.2, 0.25) is 0 Å². The molecular weight excluding hydrogens is 352 g/mol. The van der Waals surface area contributed by atoms with Crippen LogP contribution in [-0.2, 0) is 20.7 Å². The van der Waals surface area contributed by atoms with E-state index in [1.54, 1.807) is 4.57 Å². The molecule has 6 nitrogen and oxygen atoms in total. The lowest BCUT2D eigenvalue weighted by Crippen LogP contribution is -2.31. The fraction of sp³-hybridized carbons (Fsp3) is 0.526. The highest BCUT2D eigenvalue weighted by Gasteiger charge is 2.34. The molecule has 0 aliphatic heterocycles. The van der Waals surface area contributed by atoms with E-state index in [1.165, 1.54) is 0 Å². The molecule has 0 saturated heterocycles. The molecule has 1 aromatic carbocycles. The summed E-state index contributed by atoms with van der Waals surface area (Å²) in [6, 6.07) is 7.51. The Hall–Kier alpha value is -2.02. The van der Waals surface area contributed by atoms with E-state index in [0.29, 0.717) is 18.7 Å². The number of fused-ring (bicyclic) bond motifs is 1. The Morgan fingerprint density at radius 2 is 2.00 bits per heavy atom. The van der Waals surface area contributed by atoms with Gasteiger partial charge in [0.15, 0.2) is 0 Å². The number of imidazole rings is 1. The maximum Gasteiger partial charge on any atom is 0.420 e. The summed E-state index contributed by atoms with van der Waals surface area (Å²) >= 11 is 3.88. The monoisotopic (exact) mass is 376 g/mol. The summed E-state index contributed by atoms with van der Waals surface area (Å²) < 4.78 is 12.4. The zero-order valence-corrected chi connectivity index (χ0v) is 15.8. The molecule has 1 saturated carbocycles. The fourth-order valence-corrected chi connectivity index (χ4v) is 3.48. The third-order valence-electron chi connectivity index (χ3n) is 4.74. The van der Waals surface area contributed by atoms with Crippen LogP contribution in [0.5, 0.6) is 0 Å². The van der Waals surface area contributed by atoms with E-state index in [0.717, 1.165) is 36.7 Å². The lowest BCUT2D eigenvalue weighted by molar-refractivity contribution is -0.140. The maximum absolute atomic E-state index is 12.9. The molecule has 140 valence electrons. The topological polar surface area (TPSA) is 70.4 Å². The summed E-state index contributed by atoms with van der Waals surface area (Å²) in [5.41, 5.74) is 1.09. The van der Waals surface area contributed by atoms with Gasteiger partial charge in [-0.2, -0.15) is 12.6 Å². The molecule has 0 amide bonds. The van der Waals surface area contributed by atoms with Gasteiger partial charge in [0.1, 0.15) is 11.4 Å². The summed E-state index contributed by atoms with van der Waals surface area (Å²) in [6.07, 6.45) is 4.65. The van der Waals surface area contributed by atoms with Gasteiger partial charge in [-0.1, -0.05) is 12.1 Å². The van der Waals surface area contributed by atoms with Crippen LogP contribution in [0.3, 0.4) is 0 Å². The van der Waals surface area contributed by atoms with Crippen LogP contribution >= 0.6 is 12.6 Å². The quantitative estimate of drug-likeness (QED) is 0.472. The zero-order valence-electron chi connectivity index (χ0n) is 14.9. The number of nitrogens with zero attached hydrogens (tertiary/aromatic N) is 2. The summed E-state index contributed by atoms with van der Waals surface area (Å²) in [7, 11) is 0. The number of para-hydroxylation sites is 2. The van der Waals surface area contributed by atoms with Crippen molar-refractivity contribution in [3.8, 4) is 0 Å². The molecule has 2 aromatic rings. The molecule has 0 atom stereocenters. The second-order valence-electron chi connectivity index (χ2n) is 6.86. The van der Waals surface area contributed by atoms with Gasteiger partial charge in [0.25, 0.3) is 0 Å². The van der Waals surface area contributed by atoms with Gasteiger partial charge in [0, 0.05) is 6.42 Å². The first-order chi connectivity index (χ1) is 12.5. The second kappa shape index (κ2) is 8.12. The minimum Gasteiger partial charge on any atom is -0.465 e. The Morgan fingerprint density at radius 3 is 2.73 bits per heavy atom. The predicted molar refractivity (Wildman–Crippen MR) is 102 cm³/mol. The van der Waals surface area contributed by atoms with Crippen LogP contribution in [0, 0.1) is 0 Å². The van der Waals surface area contributed by atoms with E-state index in [-0.39, 0.29) is 24.4 Å². The maximum atomic E-state index is 12.9. The van der Waals surface area contributed by atoms with Gasteiger partial charge in [-0.15, -0.1) is 0 Å². The van der Waals surface area contributed by atoms with Crippen molar-refractivity contribution in [1.29, 1.82) is 0 Å². The number of rotatable bonds is 6. The van der Waals surface area contributed by atoms with Gasteiger partial charge in [0.05, 0.1) is 23.4 Å². The van der Waals surface area contributed by atoms with E-state index < -0.39 is 5.60 Å². The average molecular weight is 376 g/mol. The van der Waals surface area contributed by atoms with Crippen molar-refractivity contribution < 1.29 is 19.1 Å². The fourth-order valence-electron chi connectivity index (χ4n) is 3.39. The number of carbonyl (C=O) groups excluding carboxylic acids is 2. The number of aromatic nitrogens is 2. The Bertz CT molecular complexity index is 796. The van der Waals surface area contributed by atoms with E-state index in [9.17, 15) is 9.59 Å². The molecular formula is C19H24N2O4S. The number of hydrogen-bond donors (Lipinski definition) is 1. The van der Waals surface area contributed by atoms with E-state index in [1.807, 2.05) is 31.2 Å². The summed E-state index contributed by atoms with van der Waals surface area (Å²) in [5.74, 6) is 0.332. The number of carbonyl (C=O) groups is 2. The normalized spacial score (nSPS) is 15.9. The van der Waals surface area contributed by atoms with Crippen LogP contribution < -0.4 is 0 Å². The predicted octanol–water partition coefficient (Wildman–Crippen LogP) is 3.76. The molecule has 0 bridgehead atoms. The van der Waals surface area contributed by atoms with Crippen molar-refractivity contribution in [1.82, 2.24) is 9.55 Å². The molecule has 1 aliphatic carbocycles. The van der Waals surface area contributed by atoms with Crippen LogP contribution in [0.1, 0.15) is 44.9 Å². The molecule has 0 spiro atoms. The van der Waals surface area contributed by atoms with Crippen LogP contribution in [0.15, 0.2) is 24.3 Å². The summed E-state index contributed by atoms with van der Waals surface area (Å²) in [6.45, 7) is 2.27. The largest absolute Gasteiger partial charge is 0.465 e.